The van der Waals surface area contributed by atoms with Crippen LogP contribution < -0.4 is 11.1 Å². The van der Waals surface area contributed by atoms with Crippen LogP contribution in [0.5, 0.6) is 0 Å². The minimum Gasteiger partial charge on any atom is -0.464 e. The topological polar surface area (TPSA) is 90.7 Å². The number of carbonyl (C=O) groups excluding carboxylic acids is 2. The predicted octanol–water partition coefficient (Wildman–Crippen LogP) is 0.662. The summed E-state index contributed by atoms with van der Waals surface area (Å²) in [6, 6.07) is 5.77. The molecule has 104 valence electrons. The van der Waals surface area contributed by atoms with Crippen molar-refractivity contribution in [3.05, 3.63) is 29.8 Å². The van der Waals surface area contributed by atoms with E-state index in [0.717, 1.165) is 5.56 Å². The molecule has 1 amide bonds. The summed E-state index contributed by atoms with van der Waals surface area (Å²) in [6.45, 7) is 2.27. The van der Waals surface area contributed by atoms with E-state index in [0.29, 0.717) is 12.3 Å². The van der Waals surface area contributed by atoms with Gasteiger partial charge in [0.25, 0.3) is 5.91 Å². The van der Waals surface area contributed by atoms with Gasteiger partial charge >= 0.3 is 5.97 Å². The molecule has 0 saturated heterocycles. The zero-order chi connectivity index (χ0) is 14.3. The number of carbonyl (C=O) groups is 2. The fourth-order valence-corrected chi connectivity index (χ4v) is 1.46. The largest absolute Gasteiger partial charge is 0.464 e. The van der Waals surface area contributed by atoms with Gasteiger partial charge in [-0.2, -0.15) is 0 Å². The highest BCUT2D eigenvalue weighted by Crippen LogP contribution is 2.11. The Labute approximate surface area is 111 Å². The lowest BCUT2D eigenvalue weighted by Crippen LogP contribution is -2.43. The van der Waals surface area contributed by atoms with Crippen molar-refractivity contribution in [3.8, 4) is 0 Å². The summed E-state index contributed by atoms with van der Waals surface area (Å²) in [7, 11) is 1.59. The molecule has 0 bridgehead atoms. The Kier molecular flexibility index (Phi) is 5.98. The van der Waals surface area contributed by atoms with E-state index in [-0.39, 0.29) is 6.61 Å². The first-order valence-electron chi connectivity index (χ1n) is 5.89. The molecule has 0 aliphatic rings. The van der Waals surface area contributed by atoms with Crippen molar-refractivity contribution in [1.29, 1.82) is 0 Å². The van der Waals surface area contributed by atoms with Gasteiger partial charge in [-0.3, -0.25) is 4.79 Å². The van der Waals surface area contributed by atoms with Gasteiger partial charge < -0.3 is 20.5 Å². The Balaban J connectivity index is 2.65. The van der Waals surface area contributed by atoms with E-state index in [2.05, 4.69) is 10.1 Å². The van der Waals surface area contributed by atoms with Crippen molar-refractivity contribution in [3.63, 3.8) is 0 Å². The molecule has 1 aromatic rings. The number of rotatable bonds is 6. The standard InChI is InChI=1S/C13H18N2O4/c1-3-19-13(17)11(14)12(16)15-10-6-4-5-9(7-10)8-18-2/h4-7,11H,3,8,14H2,1-2H3,(H,15,16). The predicted molar refractivity (Wildman–Crippen MR) is 70.4 cm³/mol. The third-order valence-electron chi connectivity index (χ3n) is 2.33. The maximum absolute atomic E-state index is 11.7. The number of methoxy groups -OCH3 is 1. The van der Waals surface area contributed by atoms with Crippen LogP contribution in [-0.4, -0.2) is 31.6 Å². The van der Waals surface area contributed by atoms with Crippen molar-refractivity contribution in [2.45, 2.75) is 19.6 Å². The van der Waals surface area contributed by atoms with E-state index in [9.17, 15) is 9.59 Å². The number of hydrogen-bond donors (Lipinski definition) is 2. The molecule has 0 radical (unpaired) electrons. The fourth-order valence-electron chi connectivity index (χ4n) is 1.46. The quantitative estimate of drug-likeness (QED) is 0.583. The van der Waals surface area contributed by atoms with Crippen molar-refractivity contribution < 1.29 is 19.1 Å². The van der Waals surface area contributed by atoms with Gasteiger partial charge in [-0.1, -0.05) is 12.1 Å². The van der Waals surface area contributed by atoms with Crippen LogP contribution in [0.15, 0.2) is 24.3 Å². The van der Waals surface area contributed by atoms with E-state index in [1.165, 1.54) is 0 Å². The molecule has 1 atom stereocenters. The molecule has 1 aromatic carbocycles. The fraction of sp³-hybridized carbons (Fsp3) is 0.385. The minimum absolute atomic E-state index is 0.184. The summed E-state index contributed by atoms with van der Waals surface area (Å²) in [5.41, 5.74) is 6.94. The monoisotopic (exact) mass is 266 g/mol. The van der Waals surface area contributed by atoms with Crippen molar-refractivity contribution in [1.82, 2.24) is 0 Å². The summed E-state index contributed by atoms with van der Waals surface area (Å²) < 4.78 is 9.67. The molecule has 0 saturated carbocycles. The highest BCUT2D eigenvalue weighted by Gasteiger charge is 2.23. The molecule has 6 heteroatoms. The van der Waals surface area contributed by atoms with Gasteiger partial charge in [-0.05, 0) is 24.6 Å². The van der Waals surface area contributed by atoms with Crippen LogP contribution in [-0.2, 0) is 25.7 Å². The van der Waals surface area contributed by atoms with E-state index >= 15 is 0 Å². The first-order chi connectivity index (χ1) is 9.08. The second-order valence-corrected chi connectivity index (χ2v) is 3.85. The summed E-state index contributed by atoms with van der Waals surface area (Å²) in [5, 5.41) is 2.56. The van der Waals surface area contributed by atoms with E-state index in [4.69, 9.17) is 10.5 Å². The molecule has 0 aliphatic heterocycles. The summed E-state index contributed by atoms with van der Waals surface area (Å²) in [4.78, 5) is 23.0. The molecule has 3 N–H and O–H groups in total. The van der Waals surface area contributed by atoms with Crippen LogP contribution in [0, 0.1) is 0 Å². The first kappa shape index (κ1) is 15.1. The van der Waals surface area contributed by atoms with Gasteiger partial charge in [0.15, 0.2) is 6.04 Å². The maximum atomic E-state index is 11.7. The smallest absolute Gasteiger partial charge is 0.332 e. The summed E-state index contributed by atoms with van der Waals surface area (Å²) in [6.07, 6.45) is 0. The molecule has 0 spiro atoms. The summed E-state index contributed by atoms with van der Waals surface area (Å²) in [5.74, 6) is -1.35. The number of nitrogens with one attached hydrogen (secondary N) is 1. The normalized spacial score (nSPS) is 11.7. The number of ether oxygens (including phenoxy) is 2. The third-order valence-corrected chi connectivity index (χ3v) is 2.33. The van der Waals surface area contributed by atoms with Gasteiger partial charge in [0, 0.05) is 12.8 Å². The number of nitrogens with two attached hydrogens (primary N) is 1. The van der Waals surface area contributed by atoms with Gasteiger partial charge in [0.05, 0.1) is 13.2 Å². The second-order valence-electron chi connectivity index (χ2n) is 3.85. The molecule has 0 aliphatic carbocycles. The van der Waals surface area contributed by atoms with Gasteiger partial charge in [-0.15, -0.1) is 0 Å². The van der Waals surface area contributed by atoms with Gasteiger partial charge in [0.1, 0.15) is 0 Å². The lowest BCUT2D eigenvalue weighted by atomic mass is 10.2. The van der Waals surface area contributed by atoms with Gasteiger partial charge in [0.2, 0.25) is 0 Å². The van der Waals surface area contributed by atoms with Crippen LogP contribution in [0.2, 0.25) is 0 Å². The average molecular weight is 266 g/mol. The maximum Gasteiger partial charge on any atom is 0.332 e. The van der Waals surface area contributed by atoms with Crippen LogP contribution in [0.25, 0.3) is 0 Å². The van der Waals surface area contributed by atoms with Crippen molar-refractivity contribution in [2.75, 3.05) is 19.0 Å². The number of anilines is 1. The second kappa shape index (κ2) is 7.50. The van der Waals surface area contributed by atoms with Gasteiger partial charge in [-0.25, -0.2) is 4.79 Å². The van der Waals surface area contributed by atoms with Crippen LogP contribution in [0.1, 0.15) is 12.5 Å². The van der Waals surface area contributed by atoms with Crippen LogP contribution in [0.3, 0.4) is 0 Å². The Bertz CT molecular complexity index is 448. The molecule has 1 rings (SSSR count). The number of benzene rings is 1. The lowest BCUT2D eigenvalue weighted by Gasteiger charge is -2.11. The molecular formula is C13H18N2O4. The zero-order valence-corrected chi connectivity index (χ0v) is 11.0. The highest BCUT2D eigenvalue weighted by atomic mass is 16.5. The van der Waals surface area contributed by atoms with Crippen molar-refractivity contribution in [2.24, 2.45) is 5.73 Å². The zero-order valence-electron chi connectivity index (χ0n) is 11.0. The molecule has 0 fully saturated rings. The van der Waals surface area contributed by atoms with E-state index < -0.39 is 17.9 Å². The highest BCUT2D eigenvalue weighted by molar-refractivity contribution is 6.08. The Morgan fingerprint density at radius 2 is 2.16 bits per heavy atom. The van der Waals surface area contributed by atoms with Crippen molar-refractivity contribution >= 4 is 17.6 Å². The number of hydrogen-bond acceptors (Lipinski definition) is 5. The SMILES string of the molecule is CCOC(=O)C(N)C(=O)Nc1cccc(COC)c1. The third kappa shape index (κ3) is 4.69. The minimum atomic E-state index is -1.33. The summed E-state index contributed by atoms with van der Waals surface area (Å²) >= 11 is 0. The lowest BCUT2D eigenvalue weighted by molar-refractivity contribution is -0.146. The first-order valence-corrected chi connectivity index (χ1v) is 5.89. The Morgan fingerprint density at radius 1 is 1.42 bits per heavy atom. The number of esters is 1. The van der Waals surface area contributed by atoms with E-state index in [1.807, 2.05) is 6.07 Å². The average Bonchev–Trinajstić information content (AvgIpc) is 2.39. The molecule has 19 heavy (non-hydrogen) atoms. The molecule has 0 aromatic heterocycles. The molecule has 1 unspecified atom stereocenters. The molecule has 0 heterocycles. The Hall–Kier alpha value is -1.92. The van der Waals surface area contributed by atoms with E-state index in [1.54, 1.807) is 32.2 Å². The molecule has 6 nitrogen and oxygen atoms in total. The number of amides is 1. The Morgan fingerprint density at radius 3 is 2.79 bits per heavy atom. The van der Waals surface area contributed by atoms with Crippen LogP contribution >= 0.6 is 0 Å². The van der Waals surface area contributed by atoms with Crippen LogP contribution in [0.4, 0.5) is 5.69 Å². The molecular weight excluding hydrogens is 248 g/mol.